The Morgan fingerprint density at radius 1 is 1.23 bits per heavy atom. The van der Waals surface area contributed by atoms with Gasteiger partial charge in [0.2, 0.25) is 0 Å². The van der Waals surface area contributed by atoms with E-state index in [1.165, 1.54) is 18.2 Å². The number of alkyl halides is 2. The van der Waals surface area contributed by atoms with Gasteiger partial charge in [0, 0.05) is 0 Å². The molecular weight excluding hydrogens is 352 g/mol. The van der Waals surface area contributed by atoms with Gasteiger partial charge in [0.05, 0.1) is 19.1 Å². The molecular formula is C17H23F2NO6. The lowest BCUT2D eigenvalue weighted by Crippen LogP contribution is -2.35. The molecule has 0 aromatic heterocycles. The highest BCUT2D eigenvalue weighted by atomic mass is 19.3. The van der Waals surface area contributed by atoms with Crippen LogP contribution in [0, 0.1) is 0 Å². The number of carboxylic acids is 1. The van der Waals surface area contributed by atoms with E-state index in [0.717, 1.165) is 0 Å². The van der Waals surface area contributed by atoms with Crippen molar-refractivity contribution in [2.75, 3.05) is 6.61 Å². The number of hydrogen-bond donors (Lipinski definition) is 2. The topological polar surface area (TPSA) is 94.1 Å². The summed E-state index contributed by atoms with van der Waals surface area (Å²) in [6.07, 6.45) is -1.23. The van der Waals surface area contributed by atoms with Crippen molar-refractivity contribution in [2.24, 2.45) is 0 Å². The van der Waals surface area contributed by atoms with E-state index in [1.54, 1.807) is 27.7 Å². The van der Waals surface area contributed by atoms with Crippen LogP contribution in [0.15, 0.2) is 18.2 Å². The number of alkyl carbamates (subject to hydrolysis) is 1. The second-order valence-electron chi connectivity index (χ2n) is 6.31. The number of nitrogens with one attached hydrogen (secondary N) is 1. The van der Waals surface area contributed by atoms with Crippen molar-refractivity contribution in [3.8, 4) is 11.5 Å². The van der Waals surface area contributed by atoms with Gasteiger partial charge in [-0.05, 0) is 45.4 Å². The predicted molar refractivity (Wildman–Crippen MR) is 88.6 cm³/mol. The summed E-state index contributed by atoms with van der Waals surface area (Å²) in [5.74, 6) is -1.32. The summed E-state index contributed by atoms with van der Waals surface area (Å²) < 4.78 is 39.7. The SMILES string of the molecule is CCOc1cc([C@@H](CC(=O)O)NC(=O)OC(C)(C)C)ccc1OC(F)F. The lowest BCUT2D eigenvalue weighted by atomic mass is 10.0. The fraction of sp³-hybridized carbons (Fsp3) is 0.529. The number of benzene rings is 1. The molecule has 0 fully saturated rings. The van der Waals surface area contributed by atoms with E-state index < -0.39 is 36.7 Å². The molecule has 0 unspecified atom stereocenters. The van der Waals surface area contributed by atoms with Crippen LogP contribution < -0.4 is 14.8 Å². The van der Waals surface area contributed by atoms with Gasteiger partial charge in [-0.25, -0.2) is 4.79 Å². The van der Waals surface area contributed by atoms with Crippen molar-refractivity contribution in [3.63, 3.8) is 0 Å². The van der Waals surface area contributed by atoms with Gasteiger partial charge in [-0.2, -0.15) is 8.78 Å². The summed E-state index contributed by atoms with van der Waals surface area (Å²) in [4.78, 5) is 23.1. The zero-order chi connectivity index (χ0) is 19.9. The Labute approximate surface area is 150 Å². The summed E-state index contributed by atoms with van der Waals surface area (Å²) in [5, 5.41) is 11.6. The van der Waals surface area contributed by atoms with Crippen LogP contribution in [0.2, 0.25) is 0 Å². The van der Waals surface area contributed by atoms with Crippen molar-refractivity contribution in [3.05, 3.63) is 23.8 Å². The standard InChI is InChI=1S/C17H23F2NO6/c1-5-24-13-8-10(6-7-12(13)25-15(18)19)11(9-14(21)22)20-16(23)26-17(2,3)4/h6-8,11,15H,5,9H2,1-4H3,(H,20,23)(H,21,22)/t11-/m1/s1. The number of amides is 1. The summed E-state index contributed by atoms with van der Waals surface area (Å²) in [6, 6.07) is 3.03. The summed E-state index contributed by atoms with van der Waals surface area (Å²) in [5.41, 5.74) is -0.410. The molecule has 0 bridgehead atoms. The molecule has 26 heavy (non-hydrogen) atoms. The lowest BCUT2D eigenvalue weighted by Gasteiger charge is -2.23. The zero-order valence-electron chi connectivity index (χ0n) is 15.0. The Hall–Kier alpha value is -2.58. The van der Waals surface area contributed by atoms with E-state index in [4.69, 9.17) is 14.6 Å². The van der Waals surface area contributed by atoms with Crippen molar-refractivity contribution in [1.29, 1.82) is 0 Å². The van der Waals surface area contributed by atoms with Crippen LogP contribution in [-0.2, 0) is 9.53 Å². The van der Waals surface area contributed by atoms with Crippen LogP contribution >= 0.6 is 0 Å². The van der Waals surface area contributed by atoms with Crippen LogP contribution in [-0.4, -0.2) is 36.0 Å². The number of hydrogen-bond acceptors (Lipinski definition) is 5. The second kappa shape index (κ2) is 9.21. The Kier molecular flexibility index (Phi) is 7.60. The molecule has 1 aromatic carbocycles. The van der Waals surface area contributed by atoms with E-state index in [1.807, 2.05) is 0 Å². The third kappa shape index (κ3) is 7.54. The van der Waals surface area contributed by atoms with E-state index in [0.29, 0.717) is 5.56 Å². The van der Waals surface area contributed by atoms with Crippen LogP contribution in [0.4, 0.5) is 13.6 Å². The zero-order valence-corrected chi connectivity index (χ0v) is 15.0. The molecule has 0 radical (unpaired) electrons. The van der Waals surface area contributed by atoms with E-state index >= 15 is 0 Å². The Morgan fingerprint density at radius 2 is 1.88 bits per heavy atom. The molecule has 1 amide bonds. The maximum atomic E-state index is 12.5. The first-order chi connectivity index (χ1) is 12.0. The first-order valence-electron chi connectivity index (χ1n) is 7.94. The normalized spacial score (nSPS) is 12.4. The third-order valence-corrected chi connectivity index (χ3v) is 2.96. The van der Waals surface area contributed by atoms with Crippen molar-refractivity contribution in [1.82, 2.24) is 5.32 Å². The highest BCUT2D eigenvalue weighted by Gasteiger charge is 2.24. The minimum atomic E-state index is -3.03. The van der Waals surface area contributed by atoms with Gasteiger partial charge in [0.15, 0.2) is 11.5 Å². The predicted octanol–water partition coefficient (Wildman–Crippen LogP) is 3.73. The average molecular weight is 375 g/mol. The summed E-state index contributed by atoms with van der Waals surface area (Å²) in [7, 11) is 0. The molecule has 1 aromatic rings. The third-order valence-electron chi connectivity index (χ3n) is 2.96. The maximum Gasteiger partial charge on any atom is 0.408 e. The lowest BCUT2D eigenvalue weighted by molar-refractivity contribution is -0.137. The van der Waals surface area contributed by atoms with E-state index in [2.05, 4.69) is 10.1 Å². The van der Waals surface area contributed by atoms with E-state index in [-0.39, 0.29) is 18.1 Å². The molecule has 7 nitrogen and oxygen atoms in total. The van der Waals surface area contributed by atoms with Gasteiger partial charge in [0.1, 0.15) is 5.60 Å². The number of aliphatic carboxylic acids is 1. The van der Waals surface area contributed by atoms with Crippen LogP contribution in [0.5, 0.6) is 11.5 Å². The molecule has 0 aliphatic heterocycles. The smallest absolute Gasteiger partial charge is 0.408 e. The first-order valence-corrected chi connectivity index (χ1v) is 7.94. The number of ether oxygens (including phenoxy) is 3. The van der Waals surface area contributed by atoms with Crippen LogP contribution in [0.3, 0.4) is 0 Å². The highest BCUT2D eigenvalue weighted by Crippen LogP contribution is 2.32. The molecule has 0 heterocycles. The van der Waals surface area contributed by atoms with Crippen molar-refractivity contribution in [2.45, 2.75) is 52.4 Å². The highest BCUT2D eigenvalue weighted by molar-refractivity contribution is 5.72. The van der Waals surface area contributed by atoms with Gasteiger partial charge in [-0.1, -0.05) is 6.07 Å². The molecule has 1 rings (SSSR count). The van der Waals surface area contributed by atoms with Gasteiger partial charge in [-0.3, -0.25) is 4.79 Å². The Bertz CT molecular complexity index is 630. The monoisotopic (exact) mass is 375 g/mol. The number of carbonyl (C=O) groups excluding carboxylic acids is 1. The summed E-state index contributed by atoms with van der Waals surface area (Å²) >= 11 is 0. The van der Waals surface area contributed by atoms with Crippen molar-refractivity contribution < 1.29 is 37.7 Å². The largest absolute Gasteiger partial charge is 0.490 e. The number of halogens is 2. The molecule has 2 N–H and O–H groups in total. The fourth-order valence-corrected chi connectivity index (χ4v) is 2.08. The van der Waals surface area contributed by atoms with Crippen LogP contribution in [0.25, 0.3) is 0 Å². The van der Waals surface area contributed by atoms with Crippen LogP contribution in [0.1, 0.15) is 45.7 Å². The molecule has 9 heteroatoms. The second-order valence-corrected chi connectivity index (χ2v) is 6.31. The van der Waals surface area contributed by atoms with Gasteiger partial charge in [-0.15, -0.1) is 0 Å². The minimum absolute atomic E-state index is 0.0201. The Morgan fingerprint density at radius 3 is 2.38 bits per heavy atom. The molecule has 146 valence electrons. The van der Waals surface area contributed by atoms with Gasteiger partial charge < -0.3 is 24.6 Å². The molecule has 0 aliphatic rings. The quantitative estimate of drug-likeness (QED) is 0.719. The van der Waals surface area contributed by atoms with Gasteiger partial charge >= 0.3 is 18.7 Å². The average Bonchev–Trinajstić information content (AvgIpc) is 2.45. The van der Waals surface area contributed by atoms with E-state index in [9.17, 15) is 18.4 Å². The molecule has 1 atom stereocenters. The molecule has 0 aliphatic carbocycles. The maximum absolute atomic E-state index is 12.5. The molecule has 0 spiro atoms. The first kappa shape index (κ1) is 21.5. The summed E-state index contributed by atoms with van der Waals surface area (Å²) in [6.45, 7) is 3.82. The molecule has 0 saturated heterocycles. The number of rotatable bonds is 8. The number of carbonyl (C=O) groups is 2. The number of carboxylic acid groups (broad SMARTS) is 1. The van der Waals surface area contributed by atoms with Gasteiger partial charge in [0.25, 0.3) is 0 Å². The Balaban J connectivity index is 3.10. The van der Waals surface area contributed by atoms with Crippen molar-refractivity contribution >= 4 is 12.1 Å². The molecule has 0 saturated carbocycles. The minimum Gasteiger partial charge on any atom is -0.490 e. The fourth-order valence-electron chi connectivity index (χ4n) is 2.08.